The summed E-state index contributed by atoms with van der Waals surface area (Å²) in [6.45, 7) is 0. The predicted molar refractivity (Wildman–Crippen MR) is 60.3 cm³/mol. The van der Waals surface area contributed by atoms with Gasteiger partial charge < -0.3 is 13.0 Å². The molecule has 0 bridgehead atoms. The van der Waals surface area contributed by atoms with Gasteiger partial charge in [0, 0.05) is 11.0 Å². The van der Waals surface area contributed by atoms with Gasteiger partial charge >= 0.3 is 151 Å². The summed E-state index contributed by atoms with van der Waals surface area (Å²) in [4.78, 5) is 0. The van der Waals surface area contributed by atoms with Crippen LogP contribution in [-0.2, 0) is 19.4 Å². The Labute approximate surface area is 250 Å². The minimum absolute atomic E-state index is 0. The molecular weight excluding hydrogens is 596 g/mol. The zero-order chi connectivity index (χ0) is 25.6. The third-order valence-electron chi connectivity index (χ3n) is 2.68. The Bertz CT molecular complexity index is 625. The summed E-state index contributed by atoms with van der Waals surface area (Å²) in [5, 5.41) is 0. The molecular formula is C8H2F18K2O3S. The van der Waals surface area contributed by atoms with Gasteiger partial charge in [0.1, 0.15) is 0 Å². The monoisotopic (exact) mass is 598 g/mol. The van der Waals surface area contributed by atoms with Crippen LogP contribution in [0.4, 0.5) is 79.0 Å². The van der Waals surface area contributed by atoms with Gasteiger partial charge in [-0.05, 0) is 0 Å². The van der Waals surface area contributed by atoms with E-state index in [1.54, 1.807) is 0 Å². The van der Waals surface area contributed by atoms with Crippen molar-refractivity contribution in [1.29, 1.82) is 0 Å². The second-order valence-corrected chi connectivity index (χ2v) is 5.09. The van der Waals surface area contributed by atoms with Crippen molar-refractivity contribution < 1.29 is 143 Å². The molecule has 3 nitrogen and oxygen atoms in total. The molecule has 0 amide bonds. The molecule has 0 saturated heterocycles. The fourth-order valence-electron chi connectivity index (χ4n) is 1.14. The maximum absolute atomic E-state index is 12.8. The molecule has 0 spiro atoms. The van der Waals surface area contributed by atoms with Crippen molar-refractivity contribution in [2.75, 3.05) is 0 Å². The molecule has 1 N–H and O–H groups in total. The van der Waals surface area contributed by atoms with Crippen LogP contribution >= 0.6 is 0 Å². The van der Waals surface area contributed by atoms with Gasteiger partial charge in [-0.25, -0.2) is 0 Å². The van der Waals surface area contributed by atoms with Crippen LogP contribution in [0.2, 0.25) is 0 Å². The topological polar surface area (TPSA) is 54.4 Å². The quantitative estimate of drug-likeness (QED) is 0.174. The number of hydrogen-bond donors (Lipinski definition) is 1. The first-order valence-electron chi connectivity index (χ1n) is 5.67. The Morgan fingerprint density at radius 1 is 0.406 bits per heavy atom. The molecule has 0 saturated carbocycles. The van der Waals surface area contributed by atoms with Crippen molar-refractivity contribution in [2.45, 2.75) is 47.9 Å². The molecule has 0 aromatic heterocycles. The Morgan fingerprint density at radius 2 is 0.500 bits per heavy atom. The predicted octanol–water partition coefficient (Wildman–Crippen LogP) is 2.05. The third kappa shape index (κ3) is 7.24. The minimum atomic E-state index is -8.72. The fraction of sp³-hybridized carbons (Fsp3) is 1.00. The van der Waals surface area contributed by atoms with Gasteiger partial charge in [-0.1, -0.05) is 0 Å². The van der Waals surface area contributed by atoms with E-state index in [4.69, 9.17) is 13.0 Å². The Kier molecular flexibility index (Phi) is 15.4. The molecule has 0 aliphatic rings. The molecule has 0 unspecified atom stereocenters. The Morgan fingerprint density at radius 3 is 0.594 bits per heavy atom. The van der Waals surface area contributed by atoms with E-state index >= 15 is 0 Å². The average molecular weight is 598 g/mol. The molecule has 0 radical (unpaired) electrons. The van der Waals surface area contributed by atoms with E-state index in [-0.39, 0.29) is 103 Å². The van der Waals surface area contributed by atoms with Gasteiger partial charge in [0.15, 0.2) is 0 Å². The molecule has 186 valence electrons. The van der Waals surface area contributed by atoms with Crippen molar-refractivity contribution in [1.82, 2.24) is 0 Å². The zero-order valence-corrected chi connectivity index (χ0v) is 17.4. The zero-order valence-electron chi connectivity index (χ0n) is 13.5. The van der Waals surface area contributed by atoms with Gasteiger partial charge in [-0.15, -0.1) is 0 Å². The molecule has 0 aromatic rings. The second-order valence-electron chi connectivity index (χ2n) is 4.66. The molecule has 0 aliphatic carbocycles. The van der Waals surface area contributed by atoms with Crippen LogP contribution in [0.1, 0.15) is 0 Å². The standard InChI is InChI=1S/C8F18.2K.HO3S.H/c9-1(10,3(13,14)5(17,18)7(21,22)23)2(11,12)4(15,16)6(19,20)8(24,25)26;;;1-4(2)3;/h;;;(H,1,2,3);/q;;+1;-1;. The van der Waals surface area contributed by atoms with Gasteiger partial charge in [0.05, 0.1) is 0 Å². The van der Waals surface area contributed by atoms with Crippen molar-refractivity contribution >= 4 is 62.4 Å². The summed E-state index contributed by atoms with van der Waals surface area (Å²) in [5.41, 5.74) is 0. The van der Waals surface area contributed by atoms with Gasteiger partial charge in [-0.3, -0.25) is 0 Å². The summed E-state index contributed by atoms with van der Waals surface area (Å²) in [5.74, 6) is -51.0. The van der Waals surface area contributed by atoms with E-state index in [1.165, 1.54) is 0 Å². The molecule has 0 fully saturated rings. The van der Waals surface area contributed by atoms with Crippen molar-refractivity contribution in [3.05, 3.63) is 0 Å². The normalized spacial score (nSPS) is 14.8. The molecule has 0 heterocycles. The van der Waals surface area contributed by atoms with Gasteiger partial charge in [0.2, 0.25) is 0 Å². The average Bonchev–Trinajstić information content (AvgIpc) is 2.42. The van der Waals surface area contributed by atoms with E-state index in [2.05, 4.69) is 0 Å². The van der Waals surface area contributed by atoms with Gasteiger partial charge in [-0.2, -0.15) is 79.0 Å². The molecule has 0 aliphatic heterocycles. The van der Waals surface area contributed by atoms with Crippen LogP contribution in [0.15, 0.2) is 0 Å². The Hall–Kier alpha value is 1.92. The summed E-state index contributed by atoms with van der Waals surface area (Å²) < 4.78 is 245. The van der Waals surface area contributed by atoms with Crippen molar-refractivity contribution in [3.63, 3.8) is 0 Å². The van der Waals surface area contributed by atoms with E-state index in [0.717, 1.165) is 0 Å². The van der Waals surface area contributed by atoms with Crippen LogP contribution in [0.5, 0.6) is 0 Å². The van der Waals surface area contributed by atoms with E-state index < -0.39 is 58.9 Å². The fourth-order valence-corrected chi connectivity index (χ4v) is 1.14. The number of halogens is 18. The summed E-state index contributed by atoms with van der Waals surface area (Å²) in [7, 11) is -2.86. The van der Waals surface area contributed by atoms with Crippen LogP contribution in [-0.4, -0.2) is 104 Å². The molecule has 24 heteroatoms. The second kappa shape index (κ2) is 12.0. The third-order valence-corrected chi connectivity index (χ3v) is 2.68. The summed E-state index contributed by atoms with van der Waals surface area (Å²) >= 11 is 0. The summed E-state index contributed by atoms with van der Waals surface area (Å²) in [6.07, 6.45) is -15.6. The van der Waals surface area contributed by atoms with E-state index in [0.29, 0.717) is 0 Å². The molecule has 32 heavy (non-hydrogen) atoms. The van der Waals surface area contributed by atoms with Gasteiger partial charge in [0.25, 0.3) is 0 Å². The van der Waals surface area contributed by atoms with E-state index in [9.17, 15) is 79.0 Å². The first-order chi connectivity index (χ1) is 12.5. The van der Waals surface area contributed by atoms with Crippen LogP contribution in [0, 0.1) is 0 Å². The van der Waals surface area contributed by atoms with Crippen molar-refractivity contribution in [3.8, 4) is 0 Å². The first-order valence-corrected chi connectivity index (χ1v) is 6.70. The van der Waals surface area contributed by atoms with E-state index in [1.807, 2.05) is 0 Å². The van der Waals surface area contributed by atoms with Crippen LogP contribution in [0.3, 0.4) is 0 Å². The maximum atomic E-state index is 12.8. The number of rotatable bonds is 5. The molecule has 0 rings (SSSR count). The number of alkyl halides is 18. The van der Waals surface area contributed by atoms with Crippen LogP contribution in [0.25, 0.3) is 0 Å². The SMILES string of the molecule is FC(F)(F)C(F)(F)C(F)(F)C(F)(F)C(F)(F)C(F)(F)C(F)(F)C(F)(F)F.O=[S-](=O)O.[K+].[KH]. The Balaban J connectivity index is -0.000000598. The number of hydrogen-bond acceptors (Lipinski definition) is 3. The van der Waals surface area contributed by atoms with Crippen LogP contribution < -0.4 is 51.4 Å². The molecule has 0 atom stereocenters. The molecule has 0 aromatic carbocycles. The van der Waals surface area contributed by atoms with Crippen molar-refractivity contribution in [2.24, 2.45) is 0 Å². The summed E-state index contributed by atoms with van der Waals surface area (Å²) in [6, 6.07) is 0. The first kappa shape index (κ1) is 41.1.